The number of rotatable bonds is 3. The van der Waals surface area contributed by atoms with Gasteiger partial charge in [-0.15, -0.1) is 11.3 Å². The molecule has 92 valence electrons. The first-order chi connectivity index (χ1) is 8.61. The summed E-state index contributed by atoms with van der Waals surface area (Å²) in [7, 11) is 0. The molecule has 1 atom stereocenters. The summed E-state index contributed by atoms with van der Waals surface area (Å²) in [6, 6.07) is 8.47. The minimum atomic E-state index is 0.193. The number of anilines is 1. The largest absolute Gasteiger partial charge is 0.377 e. The topological polar surface area (TPSA) is 48.7 Å². The van der Waals surface area contributed by atoms with Gasteiger partial charge < -0.3 is 5.32 Å². The Labute approximate surface area is 111 Å². The Bertz CT molecular complexity index is 582. The number of thiophene rings is 1. The summed E-state index contributed by atoms with van der Waals surface area (Å²) < 4.78 is 0. The molecule has 0 bridgehead atoms. The standard InChI is InChI=1S/C14H15N3S/c1-9-7-13(12(8-15)10(2)16-9)17-11(3)14-5-4-6-18-14/h4-7,11H,1-3H3,(H,16,17). The number of aryl methyl sites for hydroxylation is 2. The summed E-state index contributed by atoms with van der Waals surface area (Å²) >= 11 is 1.71. The molecule has 0 radical (unpaired) electrons. The van der Waals surface area contributed by atoms with Crippen molar-refractivity contribution in [2.75, 3.05) is 5.32 Å². The van der Waals surface area contributed by atoms with E-state index in [0.29, 0.717) is 5.56 Å². The molecule has 0 saturated carbocycles. The van der Waals surface area contributed by atoms with Crippen LogP contribution in [0.25, 0.3) is 0 Å². The van der Waals surface area contributed by atoms with E-state index in [-0.39, 0.29) is 6.04 Å². The van der Waals surface area contributed by atoms with Gasteiger partial charge in [-0.05, 0) is 38.3 Å². The maximum atomic E-state index is 9.21. The highest BCUT2D eigenvalue weighted by Gasteiger charge is 2.12. The smallest absolute Gasteiger partial charge is 0.103 e. The van der Waals surface area contributed by atoms with E-state index in [4.69, 9.17) is 0 Å². The number of hydrogen-bond acceptors (Lipinski definition) is 4. The summed E-state index contributed by atoms with van der Waals surface area (Å²) in [5, 5.41) is 14.7. The normalized spacial score (nSPS) is 11.9. The lowest BCUT2D eigenvalue weighted by molar-refractivity contribution is 0.903. The van der Waals surface area contributed by atoms with Gasteiger partial charge in [-0.3, -0.25) is 4.98 Å². The van der Waals surface area contributed by atoms with Gasteiger partial charge in [0.1, 0.15) is 6.07 Å². The third kappa shape index (κ3) is 2.52. The fourth-order valence-corrected chi connectivity index (χ4v) is 2.66. The Morgan fingerprint density at radius 1 is 1.44 bits per heavy atom. The van der Waals surface area contributed by atoms with Crippen molar-refractivity contribution in [3.8, 4) is 6.07 Å². The van der Waals surface area contributed by atoms with E-state index < -0.39 is 0 Å². The van der Waals surface area contributed by atoms with Crippen molar-refractivity contribution < 1.29 is 0 Å². The van der Waals surface area contributed by atoms with E-state index in [1.54, 1.807) is 11.3 Å². The van der Waals surface area contributed by atoms with Crippen molar-refractivity contribution in [1.29, 1.82) is 5.26 Å². The first-order valence-electron chi connectivity index (χ1n) is 5.80. The van der Waals surface area contributed by atoms with Crippen LogP contribution in [0.5, 0.6) is 0 Å². The van der Waals surface area contributed by atoms with Gasteiger partial charge in [-0.2, -0.15) is 5.26 Å². The summed E-state index contributed by atoms with van der Waals surface area (Å²) in [5.41, 5.74) is 3.19. The molecule has 0 spiro atoms. The summed E-state index contributed by atoms with van der Waals surface area (Å²) in [6.07, 6.45) is 0. The molecule has 2 rings (SSSR count). The number of aromatic nitrogens is 1. The highest BCUT2D eigenvalue weighted by Crippen LogP contribution is 2.26. The van der Waals surface area contributed by atoms with Crippen molar-refractivity contribution >= 4 is 17.0 Å². The van der Waals surface area contributed by atoms with Gasteiger partial charge in [-0.25, -0.2) is 0 Å². The SMILES string of the molecule is Cc1cc(NC(C)c2cccs2)c(C#N)c(C)n1. The van der Waals surface area contributed by atoms with Crippen LogP contribution in [-0.2, 0) is 0 Å². The summed E-state index contributed by atoms with van der Waals surface area (Å²) in [6.45, 7) is 5.90. The highest BCUT2D eigenvalue weighted by atomic mass is 32.1. The molecule has 18 heavy (non-hydrogen) atoms. The molecule has 1 N–H and O–H groups in total. The number of nitrogens with zero attached hydrogens (tertiary/aromatic N) is 2. The summed E-state index contributed by atoms with van der Waals surface area (Å²) in [4.78, 5) is 5.57. The number of hydrogen-bond donors (Lipinski definition) is 1. The average Bonchev–Trinajstić information content (AvgIpc) is 2.81. The second kappa shape index (κ2) is 5.19. The Morgan fingerprint density at radius 2 is 2.22 bits per heavy atom. The maximum absolute atomic E-state index is 9.21. The second-order valence-corrected chi connectivity index (χ2v) is 5.24. The molecule has 0 aliphatic heterocycles. The van der Waals surface area contributed by atoms with Crippen LogP contribution in [0.2, 0.25) is 0 Å². The fraction of sp³-hybridized carbons (Fsp3) is 0.286. The predicted molar refractivity (Wildman–Crippen MR) is 74.8 cm³/mol. The second-order valence-electron chi connectivity index (χ2n) is 4.26. The lowest BCUT2D eigenvalue weighted by atomic mass is 10.1. The quantitative estimate of drug-likeness (QED) is 0.909. The van der Waals surface area contributed by atoms with E-state index in [9.17, 15) is 5.26 Å². The Hall–Kier alpha value is -1.86. The van der Waals surface area contributed by atoms with Crippen LogP contribution in [-0.4, -0.2) is 4.98 Å². The van der Waals surface area contributed by atoms with E-state index in [1.807, 2.05) is 26.0 Å². The zero-order valence-electron chi connectivity index (χ0n) is 10.7. The molecule has 0 aromatic carbocycles. The highest BCUT2D eigenvalue weighted by molar-refractivity contribution is 7.10. The van der Waals surface area contributed by atoms with Gasteiger partial charge in [0.25, 0.3) is 0 Å². The number of nitriles is 1. The van der Waals surface area contributed by atoms with Gasteiger partial charge >= 0.3 is 0 Å². The van der Waals surface area contributed by atoms with Gasteiger partial charge in [0.2, 0.25) is 0 Å². The molecule has 0 fully saturated rings. The Balaban J connectivity index is 2.32. The number of pyridine rings is 1. The van der Waals surface area contributed by atoms with Crippen molar-refractivity contribution in [3.05, 3.63) is 45.4 Å². The van der Waals surface area contributed by atoms with Crippen LogP contribution in [0.4, 0.5) is 5.69 Å². The van der Waals surface area contributed by atoms with E-state index in [0.717, 1.165) is 17.1 Å². The van der Waals surface area contributed by atoms with Crippen molar-refractivity contribution in [1.82, 2.24) is 4.98 Å². The Kier molecular flexibility index (Phi) is 3.63. The van der Waals surface area contributed by atoms with Crippen LogP contribution in [0.3, 0.4) is 0 Å². The first-order valence-corrected chi connectivity index (χ1v) is 6.68. The van der Waals surface area contributed by atoms with Crippen LogP contribution in [0, 0.1) is 25.2 Å². The third-order valence-corrected chi connectivity index (χ3v) is 3.84. The molecule has 2 heterocycles. The lowest BCUT2D eigenvalue weighted by Crippen LogP contribution is -2.08. The first kappa shape index (κ1) is 12.6. The monoisotopic (exact) mass is 257 g/mol. The van der Waals surface area contributed by atoms with E-state index in [2.05, 4.69) is 34.7 Å². The molecule has 0 aliphatic rings. The lowest BCUT2D eigenvalue weighted by Gasteiger charge is -2.16. The molecular formula is C14H15N3S. The molecule has 4 heteroatoms. The van der Waals surface area contributed by atoms with Crippen LogP contribution >= 0.6 is 11.3 Å². The van der Waals surface area contributed by atoms with E-state index >= 15 is 0 Å². The molecule has 0 saturated heterocycles. The van der Waals surface area contributed by atoms with E-state index in [1.165, 1.54) is 4.88 Å². The van der Waals surface area contributed by atoms with Crippen LogP contribution in [0.15, 0.2) is 23.6 Å². The van der Waals surface area contributed by atoms with Crippen LogP contribution in [0.1, 0.15) is 34.8 Å². The minimum Gasteiger partial charge on any atom is -0.377 e. The third-order valence-electron chi connectivity index (χ3n) is 2.78. The van der Waals surface area contributed by atoms with Crippen molar-refractivity contribution in [2.24, 2.45) is 0 Å². The zero-order valence-corrected chi connectivity index (χ0v) is 11.5. The average molecular weight is 257 g/mol. The van der Waals surface area contributed by atoms with Gasteiger partial charge in [0, 0.05) is 10.6 Å². The zero-order chi connectivity index (χ0) is 13.1. The molecule has 2 aromatic heterocycles. The van der Waals surface area contributed by atoms with Crippen molar-refractivity contribution in [3.63, 3.8) is 0 Å². The molecule has 2 aromatic rings. The Morgan fingerprint density at radius 3 is 2.83 bits per heavy atom. The van der Waals surface area contributed by atoms with Crippen LogP contribution < -0.4 is 5.32 Å². The molecule has 0 aliphatic carbocycles. The van der Waals surface area contributed by atoms with Gasteiger partial charge in [-0.1, -0.05) is 6.07 Å². The fourth-order valence-electron chi connectivity index (χ4n) is 1.93. The molecule has 3 nitrogen and oxygen atoms in total. The summed E-state index contributed by atoms with van der Waals surface area (Å²) in [5.74, 6) is 0. The molecular weight excluding hydrogens is 242 g/mol. The van der Waals surface area contributed by atoms with Gasteiger partial charge in [0.05, 0.1) is 23.0 Å². The maximum Gasteiger partial charge on any atom is 0.103 e. The molecule has 0 amide bonds. The van der Waals surface area contributed by atoms with Gasteiger partial charge in [0.15, 0.2) is 0 Å². The van der Waals surface area contributed by atoms with Crippen molar-refractivity contribution in [2.45, 2.75) is 26.8 Å². The molecule has 1 unspecified atom stereocenters. The predicted octanol–water partition coefficient (Wildman–Crippen LogP) is 3.80. The minimum absolute atomic E-state index is 0.193. The number of nitrogens with one attached hydrogen (secondary N) is 1.